The van der Waals surface area contributed by atoms with Crippen LogP contribution in [0.5, 0.6) is 5.75 Å². The van der Waals surface area contributed by atoms with Crippen molar-refractivity contribution in [1.82, 2.24) is 20.2 Å². The van der Waals surface area contributed by atoms with E-state index in [2.05, 4.69) is 20.7 Å². The van der Waals surface area contributed by atoms with Gasteiger partial charge in [-0.1, -0.05) is 54.2 Å². The van der Waals surface area contributed by atoms with Crippen molar-refractivity contribution < 1.29 is 19.4 Å². The molecule has 176 valence electrons. The average molecular weight is 488 g/mol. The molecule has 0 atom stereocenters. The molecule has 4 aromatic rings. The van der Waals surface area contributed by atoms with E-state index in [0.717, 1.165) is 17.0 Å². The van der Waals surface area contributed by atoms with Crippen molar-refractivity contribution in [3.63, 3.8) is 0 Å². The fraction of sp³-hybridized carbons (Fsp3) is 0.0800. The summed E-state index contributed by atoms with van der Waals surface area (Å²) in [5, 5.41) is 22.1. The summed E-state index contributed by atoms with van der Waals surface area (Å²) >= 11 is 1.23. The van der Waals surface area contributed by atoms with E-state index < -0.39 is 5.97 Å². The Labute approximate surface area is 205 Å². The highest BCUT2D eigenvalue weighted by Crippen LogP contribution is 2.28. The molecule has 0 bridgehead atoms. The van der Waals surface area contributed by atoms with Gasteiger partial charge in [0.2, 0.25) is 0 Å². The number of carbonyl (C=O) groups excluding carboxylic acids is 1. The minimum Gasteiger partial charge on any atom is -0.497 e. The van der Waals surface area contributed by atoms with Crippen LogP contribution in [0.2, 0.25) is 0 Å². The van der Waals surface area contributed by atoms with Crippen molar-refractivity contribution in [2.75, 3.05) is 12.9 Å². The van der Waals surface area contributed by atoms with Crippen LogP contribution in [-0.4, -0.2) is 50.8 Å². The number of nitrogens with zero attached hydrogens (tertiary/aromatic N) is 4. The van der Waals surface area contributed by atoms with Gasteiger partial charge in [0.25, 0.3) is 5.91 Å². The van der Waals surface area contributed by atoms with Crippen molar-refractivity contribution in [3.05, 3.63) is 90.0 Å². The van der Waals surface area contributed by atoms with E-state index in [4.69, 9.17) is 9.84 Å². The van der Waals surface area contributed by atoms with Crippen molar-refractivity contribution in [2.24, 2.45) is 5.10 Å². The van der Waals surface area contributed by atoms with Crippen molar-refractivity contribution in [2.45, 2.75) is 5.16 Å². The predicted molar refractivity (Wildman–Crippen MR) is 133 cm³/mol. The van der Waals surface area contributed by atoms with Crippen LogP contribution in [-0.2, 0) is 4.79 Å². The Morgan fingerprint density at radius 2 is 1.74 bits per heavy atom. The first-order valence-electron chi connectivity index (χ1n) is 10.5. The molecule has 0 radical (unpaired) electrons. The Kier molecular flexibility index (Phi) is 7.53. The van der Waals surface area contributed by atoms with Gasteiger partial charge in [-0.25, -0.2) is 10.2 Å². The maximum Gasteiger partial charge on any atom is 0.335 e. The zero-order valence-electron chi connectivity index (χ0n) is 18.7. The minimum absolute atomic E-state index is 0.0678. The molecule has 0 aliphatic heterocycles. The number of hydrazone groups is 1. The van der Waals surface area contributed by atoms with Crippen LogP contribution in [0.1, 0.15) is 15.9 Å². The number of rotatable bonds is 9. The van der Waals surface area contributed by atoms with Crippen LogP contribution in [0.25, 0.3) is 17.1 Å². The van der Waals surface area contributed by atoms with Crippen LogP contribution in [0.3, 0.4) is 0 Å². The van der Waals surface area contributed by atoms with E-state index in [0.29, 0.717) is 16.5 Å². The topological polar surface area (TPSA) is 119 Å². The smallest absolute Gasteiger partial charge is 0.335 e. The second kappa shape index (κ2) is 11.1. The number of carbonyl (C=O) groups is 2. The van der Waals surface area contributed by atoms with E-state index in [1.165, 1.54) is 30.1 Å². The zero-order chi connectivity index (χ0) is 24.6. The first kappa shape index (κ1) is 23.7. The summed E-state index contributed by atoms with van der Waals surface area (Å²) in [5.41, 5.74) is 5.04. The fourth-order valence-corrected chi connectivity index (χ4v) is 3.90. The molecule has 0 saturated carbocycles. The van der Waals surface area contributed by atoms with Gasteiger partial charge in [0.1, 0.15) is 5.75 Å². The molecule has 2 N–H and O–H groups in total. The lowest BCUT2D eigenvalue weighted by molar-refractivity contribution is -0.118. The van der Waals surface area contributed by atoms with Gasteiger partial charge in [0.15, 0.2) is 11.0 Å². The Balaban J connectivity index is 1.47. The molecular weight excluding hydrogens is 466 g/mol. The zero-order valence-corrected chi connectivity index (χ0v) is 19.5. The van der Waals surface area contributed by atoms with E-state index in [1.54, 1.807) is 19.2 Å². The average Bonchev–Trinajstić information content (AvgIpc) is 3.32. The Morgan fingerprint density at radius 1 is 1.03 bits per heavy atom. The molecule has 0 fully saturated rings. The molecule has 4 rings (SSSR count). The van der Waals surface area contributed by atoms with E-state index in [-0.39, 0.29) is 17.2 Å². The molecule has 0 spiro atoms. The predicted octanol–water partition coefficient (Wildman–Crippen LogP) is 3.88. The minimum atomic E-state index is -1.00. The number of benzene rings is 3. The number of carboxylic acid groups (broad SMARTS) is 1. The number of aromatic nitrogens is 3. The largest absolute Gasteiger partial charge is 0.497 e. The number of aromatic carboxylic acids is 1. The van der Waals surface area contributed by atoms with Crippen LogP contribution in [0, 0.1) is 0 Å². The SMILES string of the molecule is COc1ccc(-n2c(SCC(=O)N/N=C\c3ccc(C(=O)O)cc3)nnc2-c2ccccc2)cc1. The second-order valence-corrected chi connectivity index (χ2v) is 8.16. The molecule has 0 aliphatic rings. The summed E-state index contributed by atoms with van der Waals surface area (Å²) in [6.07, 6.45) is 1.45. The van der Waals surface area contributed by atoms with E-state index in [1.807, 2.05) is 59.2 Å². The summed E-state index contributed by atoms with van der Waals surface area (Å²) in [4.78, 5) is 23.3. The van der Waals surface area contributed by atoms with Gasteiger partial charge in [0.05, 0.1) is 24.6 Å². The summed E-state index contributed by atoms with van der Waals surface area (Å²) in [6.45, 7) is 0. The highest BCUT2D eigenvalue weighted by Gasteiger charge is 2.17. The van der Waals surface area contributed by atoms with Gasteiger partial charge in [0, 0.05) is 11.3 Å². The lowest BCUT2D eigenvalue weighted by atomic mass is 10.1. The van der Waals surface area contributed by atoms with Gasteiger partial charge >= 0.3 is 5.97 Å². The number of ether oxygens (including phenoxy) is 1. The molecule has 9 nitrogen and oxygen atoms in total. The highest BCUT2D eigenvalue weighted by molar-refractivity contribution is 7.99. The Hall–Kier alpha value is -4.44. The Morgan fingerprint density at radius 3 is 2.40 bits per heavy atom. The molecular formula is C25H21N5O4S. The Bertz CT molecular complexity index is 1340. The maximum atomic E-state index is 12.4. The molecule has 0 aliphatic carbocycles. The molecule has 1 amide bonds. The third-order valence-electron chi connectivity index (χ3n) is 4.89. The van der Waals surface area contributed by atoms with Gasteiger partial charge < -0.3 is 9.84 Å². The summed E-state index contributed by atoms with van der Waals surface area (Å²) in [6, 6.07) is 23.3. The number of thioether (sulfide) groups is 1. The standard InChI is InChI=1S/C25H21N5O4S/c1-34-21-13-11-20(12-14-21)30-23(18-5-3-2-4-6-18)28-29-25(30)35-16-22(31)27-26-15-17-7-9-19(10-8-17)24(32)33/h2-15H,16H2,1H3,(H,27,31)(H,32,33)/b26-15-. The van der Waals surface area contributed by atoms with Crippen LogP contribution >= 0.6 is 11.8 Å². The fourth-order valence-electron chi connectivity index (χ4n) is 3.15. The van der Waals surface area contributed by atoms with Gasteiger partial charge in [-0.3, -0.25) is 9.36 Å². The highest BCUT2D eigenvalue weighted by atomic mass is 32.2. The lowest BCUT2D eigenvalue weighted by Crippen LogP contribution is -2.20. The third kappa shape index (κ3) is 5.92. The number of carboxylic acids is 1. The summed E-state index contributed by atoms with van der Waals surface area (Å²) < 4.78 is 7.15. The quantitative estimate of drug-likeness (QED) is 0.209. The van der Waals surface area contributed by atoms with Crippen molar-refractivity contribution >= 4 is 29.9 Å². The second-order valence-electron chi connectivity index (χ2n) is 7.21. The number of hydrogen-bond donors (Lipinski definition) is 2. The number of nitrogens with one attached hydrogen (secondary N) is 1. The normalized spacial score (nSPS) is 10.9. The van der Waals surface area contributed by atoms with Crippen LogP contribution in [0.15, 0.2) is 89.1 Å². The summed E-state index contributed by atoms with van der Waals surface area (Å²) in [5.74, 6) is 0.127. The van der Waals surface area contributed by atoms with Crippen LogP contribution in [0.4, 0.5) is 0 Å². The van der Waals surface area contributed by atoms with E-state index >= 15 is 0 Å². The van der Waals surface area contributed by atoms with Gasteiger partial charge in [-0.15, -0.1) is 10.2 Å². The third-order valence-corrected chi connectivity index (χ3v) is 5.82. The molecule has 0 saturated heterocycles. The van der Waals surface area contributed by atoms with E-state index in [9.17, 15) is 9.59 Å². The number of methoxy groups -OCH3 is 1. The lowest BCUT2D eigenvalue weighted by Gasteiger charge is -2.11. The molecule has 1 heterocycles. The molecule has 10 heteroatoms. The van der Waals surface area contributed by atoms with Crippen molar-refractivity contribution in [1.29, 1.82) is 0 Å². The van der Waals surface area contributed by atoms with Crippen LogP contribution < -0.4 is 10.2 Å². The molecule has 1 aromatic heterocycles. The molecule has 3 aromatic carbocycles. The van der Waals surface area contributed by atoms with Gasteiger partial charge in [-0.2, -0.15) is 5.10 Å². The monoisotopic (exact) mass is 487 g/mol. The maximum absolute atomic E-state index is 12.4. The van der Waals surface area contributed by atoms with Crippen molar-refractivity contribution in [3.8, 4) is 22.8 Å². The summed E-state index contributed by atoms with van der Waals surface area (Å²) in [7, 11) is 1.61. The first-order chi connectivity index (χ1) is 17.0. The van der Waals surface area contributed by atoms with Gasteiger partial charge in [-0.05, 0) is 42.0 Å². The molecule has 35 heavy (non-hydrogen) atoms. The number of amides is 1. The molecule has 0 unspecified atom stereocenters. The number of hydrogen-bond acceptors (Lipinski definition) is 7. The first-order valence-corrected chi connectivity index (χ1v) is 11.5.